The van der Waals surface area contributed by atoms with Gasteiger partial charge in [0.05, 0.1) is 0 Å². The molecule has 0 heterocycles. The predicted octanol–water partition coefficient (Wildman–Crippen LogP) is 2.57. The Labute approximate surface area is 66.5 Å². The maximum atomic E-state index is 5.52. The van der Waals surface area contributed by atoms with Crippen molar-refractivity contribution < 1.29 is 4.43 Å². The first-order valence-corrected chi connectivity index (χ1v) is 5.64. The third kappa shape index (κ3) is 2.84. The van der Waals surface area contributed by atoms with Crippen LogP contribution in [0.2, 0.25) is 10.6 Å². The summed E-state index contributed by atoms with van der Waals surface area (Å²) in [5, 5.41) is 0.406. The van der Waals surface area contributed by atoms with Gasteiger partial charge in [-0.15, -0.1) is 0 Å². The molecule has 2 heteroatoms. The summed E-state index contributed by atoms with van der Waals surface area (Å²) in [6.45, 7) is 11.3. The van der Waals surface area contributed by atoms with E-state index in [2.05, 4.69) is 34.6 Å². The lowest BCUT2D eigenvalue weighted by Gasteiger charge is -2.30. The van der Waals surface area contributed by atoms with Crippen LogP contribution in [0.1, 0.15) is 34.6 Å². The van der Waals surface area contributed by atoms with Gasteiger partial charge in [0.1, 0.15) is 0 Å². The molecular formula is C8H20OSi. The molecule has 1 nitrogen and oxygen atoms in total. The highest BCUT2D eigenvalue weighted by Gasteiger charge is 2.29. The monoisotopic (exact) mass is 160 g/mol. The van der Waals surface area contributed by atoms with Gasteiger partial charge in [0, 0.05) is 7.11 Å². The van der Waals surface area contributed by atoms with Crippen LogP contribution in [0.3, 0.4) is 0 Å². The standard InChI is InChI=1S/C8H20OSi/c1-7(2)10(9-6)8(3,4)5/h7,10H,1-6H3. The van der Waals surface area contributed by atoms with Crippen LogP contribution in [0.5, 0.6) is 0 Å². The topological polar surface area (TPSA) is 9.23 Å². The van der Waals surface area contributed by atoms with Crippen molar-refractivity contribution >= 4 is 9.04 Å². The first kappa shape index (κ1) is 10.2. The Hall–Kier alpha value is 0.177. The van der Waals surface area contributed by atoms with E-state index in [1.807, 2.05) is 7.11 Å². The van der Waals surface area contributed by atoms with Crippen molar-refractivity contribution in [2.24, 2.45) is 0 Å². The molecule has 0 aliphatic carbocycles. The minimum atomic E-state index is -0.975. The molecule has 0 rings (SSSR count). The third-order valence-corrected chi connectivity index (χ3v) is 5.14. The second-order valence-corrected chi connectivity index (χ2v) is 8.64. The summed E-state index contributed by atoms with van der Waals surface area (Å²) in [4.78, 5) is 0. The Balaban J connectivity index is 4.07. The highest BCUT2D eigenvalue weighted by atomic mass is 28.3. The van der Waals surface area contributed by atoms with E-state index < -0.39 is 9.04 Å². The first-order chi connectivity index (χ1) is 4.39. The zero-order chi connectivity index (χ0) is 8.36. The number of hydrogen-bond acceptors (Lipinski definition) is 1. The predicted molar refractivity (Wildman–Crippen MR) is 49.0 cm³/mol. The maximum Gasteiger partial charge on any atom is 0.184 e. The van der Waals surface area contributed by atoms with Gasteiger partial charge >= 0.3 is 0 Å². The molecule has 0 aromatic carbocycles. The van der Waals surface area contributed by atoms with Crippen molar-refractivity contribution in [1.82, 2.24) is 0 Å². The van der Waals surface area contributed by atoms with Crippen molar-refractivity contribution in [2.45, 2.75) is 45.2 Å². The first-order valence-electron chi connectivity index (χ1n) is 3.92. The molecule has 0 aliphatic heterocycles. The van der Waals surface area contributed by atoms with Gasteiger partial charge in [0.15, 0.2) is 9.04 Å². The van der Waals surface area contributed by atoms with Crippen LogP contribution < -0.4 is 0 Å². The van der Waals surface area contributed by atoms with Crippen LogP contribution in [-0.2, 0) is 4.43 Å². The molecule has 0 saturated carbocycles. The summed E-state index contributed by atoms with van der Waals surface area (Å²) in [6.07, 6.45) is 0. The molecule has 0 aromatic rings. The van der Waals surface area contributed by atoms with Crippen molar-refractivity contribution in [3.63, 3.8) is 0 Å². The fourth-order valence-electron chi connectivity index (χ4n) is 1.63. The summed E-state index contributed by atoms with van der Waals surface area (Å²) in [7, 11) is 0.875. The van der Waals surface area contributed by atoms with E-state index in [-0.39, 0.29) is 0 Å². The molecule has 0 radical (unpaired) electrons. The largest absolute Gasteiger partial charge is 0.422 e. The summed E-state index contributed by atoms with van der Waals surface area (Å²) < 4.78 is 5.52. The molecule has 0 aromatic heterocycles. The lowest BCUT2D eigenvalue weighted by atomic mass is 10.2. The minimum absolute atomic E-state index is 0.406. The molecule has 0 aliphatic rings. The molecule has 0 spiro atoms. The molecule has 10 heavy (non-hydrogen) atoms. The highest BCUT2D eigenvalue weighted by Crippen LogP contribution is 2.33. The molecule has 1 atom stereocenters. The lowest BCUT2D eigenvalue weighted by molar-refractivity contribution is 0.381. The molecule has 62 valence electrons. The Bertz CT molecular complexity index is 93.9. The Morgan fingerprint density at radius 1 is 1.20 bits per heavy atom. The second kappa shape index (κ2) is 3.53. The lowest BCUT2D eigenvalue weighted by Crippen LogP contribution is -2.30. The molecular weight excluding hydrogens is 140 g/mol. The van der Waals surface area contributed by atoms with Gasteiger partial charge in [0.25, 0.3) is 0 Å². The van der Waals surface area contributed by atoms with Crippen LogP contribution in [0.25, 0.3) is 0 Å². The molecule has 0 N–H and O–H groups in total. The van der Waals surface area contributed by atoms with Crippen LogP contribution in [0, 0.1) is 0 Å². The zero-order valence-electron chi connectivity index (χ0n) is 8.06. The maximum absolute atomic E-state index is 5.52. The summed E-state index contributed by atoms with van der Waals surface area (Å²) >= 11 is 0. The minimum Gasteiger partial charge on any atom is -0.422 e. The average Bonchev–Trinajstić information content (AvgIpc) is 1.60. The molecule has 1 unspecified atom stereocenters. The van der Waals surface area contributed by atoms with Gasteiger partial charge in [-0.25, -0.2) is 0 Å². The molecule has 0 saturated heterocycles. The van der Waals surface area contributed by atoms with Gasteiger partial charge in [-0.05, 0) is 10.6 Å². The fraction of sp³-hybridized carbons (Fsp3) is 1.00. The van der Waals surface area contributed by atoms with Gasteiger partial charge in [-0.2, -0.15) is 0 Å². The average molecular weight is 160 g/mol. The summed E-state index contributed by atoms with van der Waals surface area (Å²) in [5.74, 6) is 0. The Morgan fingerprint density at radius 3 is 1.60 bits per heavy atom. The van der Waals surface area contributed by atoms with Gasteiger partial charge in [-0.3, -0.25) is 0 Å². The van der Waals surface area contributed by atoms with Crippen molar-refractivity contribution in [3.8, 4) is 0 Å². The van der Waals surface area contributed by atoms with Crippen LogP contribution in [0.15, 0.2) is 0 Å². The summed E-state index contributed by atoms with van der Waals surface area (Å²) in [6, 6.07) is 0. The van der Waals surface area contributed by atoms with E-state index in [4.69, 9.17) is 4.43 Å². The van der Waals surface area contributed by atoms with Crippen LogP contribution >= 0.6 is 0 Å². The smallest absolute Gasteiger partial charge is 0.184 e. The molecule has 0 bridgehead atoms. The van der Waals surface area contributed by atoms with E-state index in [9.17, 15) is 0 Å². The SMILES string of the molecule is CO[SiH](C(C)C)C(C)(C)C. The normalized spacial score (nSPS) is 15.9. The quantitative estimate of drug-likeness (QED) is 0.564. The van der Waals surface area contributed by atoms with E-state index in [0.717, 1.165) is 5.54 Å². The zero-order valence-corrected chi connectivity index (χ0v) is 9.22. The van der Waals surface area contributed by atoms with E-state index in [0.29, 0.717) is 5.04 Å². The van der Waals surface area contributed by atoms with Crippen molar-refractivity contribution in [1.29, 1.82) is 0 Å². The van der Waals surface area contributed by atoms with Crippen LogP contribution in [-0.4, -0.2) is 16.2 Å². The van der Waals surface area contributed by atoms with Gasteiger partial charge in [0.2, 0.25) is 0 Å². The van der Waals surface area contributed by atoms with Crippen LogP contribution in [0.4, 0.5) is 0 Å². The summed E-state index contributed by atoms with van der Waals surface area (Å²) in [5.41, 5.74) is 0.741. The Kier molecular flexibility index (Phi) is 3.60. The molecule has 0 fully saturated rings. The number of rotatable bonds is 2. The van der Waals surface area contributed by atoms with E-state index in [1.54, 1.807) is 0 Å². The van der Waals surface area contributed by atoms with E-state index in [1.165, 1.54) is 0 Å². The number of hydrogen-bond donors (Lipinski definition) is 0. The Morgan fingerprint density at radius 2 is 1.60 bits per heavy atom. The van der Waals surface area contributed by atoms with Crippen molar-refractivity contribution in [3.05, 3.63) is 0 Å². The highest BCUT2D eigenvalue weighted by molar-refractivity contribution is 6.56. The molecule has 0 amide bonds. The van der Waals surface area contributed by atoms with Gasteiger partial charge in [-0.1, -0.05) is 34.6 Å². The fourth-order valence-corrected chi connectivity index (χ4v) is 4.88. The van der Waals surface area contributed by atoms with Gasteiger partial charge < -0.3 is 4.43 Å². The van der Waals surface area contributed by atoms with E-state index >= 15 is 0 Å². The third-order valence-electron chi connectivity index (χ3n) is 1.71. The second-order valence-electron chi connectivity index (χ2n) is 4.27. The van der Waals surface area contributed by atoms with Crippen molar-refractivity contribution in [2.75, 3.05) is 7.11 Å².